The van der Waals surface area contributed by atoms with Crippen LogP contribution in [0.15, 0.2) is 36.4 Å². The van der Waals surface area contributed by atoms with Crippen molar-refractivity contribution in [1.29, 1.82) is 0 Å². The van der Waals surface area contributed by atoms with Crippen LogP contribution in [-0.2, 0) is 11.2 Å². The topological polar surface area (TPSA) is 102 Å². The fourth-order valence-electron chi connectivity index (χ4n) is 3.38. The van der Waals surface area contributed by atoms with Gasteiger partial charge in [-0.25, -0.2) is 14.8 Å². The van der Waals surface area contributed by atoms with Gasteiger partial charge >= 0.3 is 5.97 Å². The zero-order valence-corrected chi connectivity index (χ0v) is 18.1. The van der Waals surface area contributed by atoms with E-state index in [4.69, 9.17) is 19.6 Å². The maximum absolute atomic E-state index is 10.8. The molecule has 3 rings (SSSR count). The number of hydrogen-bond acceptors (Lipinski definition) is 6. The van der Waals surface area contributed by atoms with Crippen molar-refractivity contribution in [1.82, 2.24) is 9.97 Å². The van der Waals surface area contributed by atoms with E-state index in [2.05, 4.69) is 4.98 Å². The Morgan fingerprint density at radius 2 is 1.81 bits per heavy atom. The maximum Gasteiger partial charge on any atom is 0.341 e. The molecule has 31 heavy (non-hydrogen) atoms. The summed E-state index contributed by atoms with van der Waals surface area (Å²) in [4.78, 5) is 19.9. The molecule has 0 unspecified atom stereocenters. The predicted octanol–water partition coefficient (Wildman–Crippen LogP) is 4.23. The van der Waals surface area contributed by atoms with E-state index in [9.17, 15) is 9.90 Å². The van der Waals surface area contributed by atoms with Gasteiger partial charge in [0.15, 0.2) is 6.61 Å². The second-order valence-electron chi connectivity index (χ2n) is 7.22. The van der Waals surface area contributed by atoms with E-state index in [1.807, 2.05) is 52.0 Å². The van der Waals surface area contributed by atoms with Crippen LogP contribution in [0.4, 0.5) is 0 Å². The molecule has 0 spiro atoms. The number of aromatic hydroxyl groups is 1. The normalized spacial score (nSPS) is 10.7. The average Bonchev–Trinajstić information content (AvgIpc) is 2.74. The zero-order chi connectivity index (χ0) is 22.5. The molecule has 0 fully saturated rings. The smallest absolute Gasteiger partial charge is 0.341 e. The van der Waals surface area contributed by atoms with Gasteiger partial charge in [0.25, 0.3) is 0 Å². The molecule has 0 saturated heterocycles. The quantitative estimate of drug-likeness (QED) is 0.560. The van der Waals surface area contributed by atoms with Crippen molar-refractivity contribution < 1.29 is 24.5 Å². The molecule has 0 radical (unpaired) electrons. The number of carboxylic acids is 1. The highest BCUT2D eigenvalue weighted by Crippen LogP contribution is 2.31. The minimum absolute atomic E-state index is 0.0950. The fourth-order valence-corrected chi connectivity index (χ4v) is 3.38. The fraction of sp³-hybridized carbons (Fsp3) is 0.292. The van der Waals surface area contributed by atoms with Crippen LogP contribution in [0.3, 0.4) is 0 Å². The van der Waals surface area contributed by atoms with E-state index in [0.717, 1.165) is 39.4 Å². The highest BCUT2D eigenvalue weighted by molar-refractivity contribution is 5.68. The highest BCUT2D eigenvalue weighted by atomic mass is 16.5. The van der Waals surface area contributed by atoms with Gasteiger partial charge in [-0.05, 0) is 63.1 Å². The van der Waals surface area contributed by atoms with E-state index >= 15 is 0 Å². The second kappa shape index (κ2) is 9.47. The summed E-state index contributed by atoms with van der Waals surface area (Å²) in [7, 11) is 0. The maximum atomic E-state index is 10.8. The Balaban J connectivity index is 1.93. The van der Waals surface area contributed by atoms with Crippen molar-refractivity contribution in [2.24, 2.45) is 0 Å². The van der Waals surface area contributed by atoms with Gasteiger partial charge in [0.1, 0.15) is 17.2 Å². The van der Waals surface area contributed by atoms with Crippen molar-refractivity contribution >= 4 is 5.97 Å². The third-order valence-electron chi connectivity index (χ3n) is 5.08. The molecule has 0 amide bonds. The lowest BCUT2D eigenvalue weighted by atomic mass is 9.98. The minimum Gasteiger partial charge on any atom is -0.506 e. The summed E-state index contributed by atoms with van der Waals surface area (Å²) in [5, 5.41) is 19.2. The molecule has 2 N–H and O–H groups in total. The third kappa shape index (κ3) is 5.12. The molecular formula is C24H26N2O5. The standard InChI is InChI=1S/C24H26N2O5/c1-5-30-19-8-6-7-17(11-19)23-21(27)10-9-18(26-23)12-20-14(2)15(3)24(25-16(20)4)31-13-22(28)29/h6-11,27H,5,12-13H2,1-4H3,(H,28,29). The van der Waals surface area contributed by atoms with Gasteiger partial charge in [0.05, 0.1) is 6.61 Å². The predicted molar refractivity (Wildman–Crippen MR) is 117 cm³/mol. The third-order valence-corrected chi connectivity index (χ3v) is 5.08. The zero-order valence-electron chi connectivity index (χ0n) is 18.1. The molecule has 2 heterocycles. The molecule has 7 heteroatoms. The number of carbonyl (C=O) groups is 1. The second-order valence-corrected chi connectivity index (χ2v) is 7.22. The molecule has 2 aromatic heterocycles. The van der Waals surface area contributed by atoms with E-state index in [-0.39, 0.29) is 5.75 Å². The van der Waals surface area contributed by atoms with Crippen LogP contribution in [-0.4, -0.2) is 39.4 Å². The summed E-state index contributed by atoms with van der Waals surface area (Å²) in [5.74, 6) is 0.0932. The van der Waals surface area contributed by atoms with Gasteiger partial charge in [0.2, 0.25) is 5.88 Å². The van der Waals surface area contributed by atoms with Crippen LogP contribution in [0.5, 0.6) is 17.4 Å². The van der Waals surface area contributed by atoms with Gasteiger partial charge in [0, 0.05) is 28.9 Å². The summed E-state index contributed by atoms with van der Waals surface area (Å²) in [6.07, 6.45) is 0.517. The van der Waals surface area contributed by atoms with Crippen molar-refractivity contribution in [3.63, 3.8) is 0 Å². The van der Waals surface area contributed by atoms with Crippen LogP contribution in [0.2, 0.25) is 0 Å². The van der Waals surface area contributed by atoms with Crippen molar-refractivity contribution in [2.75, 3.05) is 13.2 Å². The van der Waals surface area contributed by atoms with E-state index in [0.29, 0.717) is 24.6 Å². The number of ether oxygens (including phenoxy) is 2. The van der Waals surface area contributed by atoms with Gasteiger partial charge in [-0.15, -0.1) is 0 Å². The van der Waals surface area contributed by atoms with Gasteiger partial charge in [-0.2, -0.15) is 0 Å². The Labute approximate surface area is 181 Å². The number of aliphatic carboxylic acids is 1. The first kappa shape index (κ1) is 22.1. The van der Waals surface area contributed by atoms with E-state index in [1.54, 1.807) is 12.1 Å². The summed E-state index contributed by atoms with van der Waals surface area (Å²) in [6.45, 7) is 7.72. The lowest BCUT2D eigenvalue weighted by Crippen LogP contribution is -2.13. The molecule has 3 aromatic rings. The van der Waals surface area contributed by atoms with Crippen molar-refractivity contribution in [2.45, 2.75) is 34.1 Å². The number of hydrogen-bond donors (Lipinski definition) is 2. The number of aromatic nitrogens is 2. The number of nitrogens with zero attached hydrogens (tertiary/aromatic N) is 2. The Morgan fingerprint density at radius 3 is 2.52 bits per heavy atom. The number of benzene rings is 1. The molecule has 0 bridgehead atoms. The molecule has 1 aromatic carbocycles. The van der Waals surface area contributed by atoms with Gasteiger partial charge in [-0.1, -0.05) is 12.1 Å². The number of pyridine rings is 2. The number of carboxylic acid groups (broad SMARTS) is 1. The average molecular weight is 422 g/mol. The number of rotatable bonds is 8. The molecule has 7 nitrogen and oxygen atoms in total. The Morgan fingerprint density at radius 1 is 1.03 bits per heavy atom. The summed E-state index contributed by atoms with van der Waals surface area (Å²) >= 11 is 0. The van der Waals surface area contributed by atoms with Crippen LogP contribution in [0.1, 0.15) is 35.0 Å². The number of aryl methyl sites for hydroxylation is 1. The Kier molecular flexibility index (Phi) is 6.74. The first-order valence-corrected chi connectivity index (χ1v) is 10.0. The molecule has 0 aliphatic heterocycles. The first-order valence-electron chi connectivity index (χ1n) is 10.0. The van der Waals surface area contributed by atoms with Crippen LogP contribution < -0.4 is 9.47 Å². The summed E-state index contributed by atoms with van der Waals surface area (Å²) < 4.78 is 10.9. The highest BCUT2D eigenvalue weighted by Gasteiger charge is 2.16. The van der Waals surface area contributed by atoms with Gasteiger partial charge < -0.3 is 19.7 Å². The van der Waals surface area contributed by atoms with E-state index in [1.165, 1.54) is 0 Å². The van der Waals surface area contributed by atoms with Crippen molar-refractivity contribution in [3.05, 3.63) is 64.5 Å². The SMILES string of the molecule is CCOc1cccc(-c2nc(Cc3c(C)nc(OCC(=O)O)c(C)c3C)ccc2O)c1. The molecule has 0 saturated carbocycles. The monoisotopic (exact) mass is 422 g/mol. The lowest BCUT2D eigenvalue weighted by molar-refractivity contribution is -0.139. The molecule has 0 aliphatic carbocycles. The summed E-state index contributed by atoms with van der Waals surface area (Å²) in [6, 6.07) is 10.9. The minimum atomic E-state index is -1.05. The lowest BCUT2D eigenvalue weighted by Gasteiger charge is -2.16. The Bertz CT molecular complexity index is 1110. The van der Waals surface area contributed by atoms with Crippen LogP contribution in [0, 0.1) is 20.8 Å². The largest absolute Gasteiger partial charge is 0.506 e. The molecule has 162 valence electrons. The van der Waals surface area contributed by atoms with E-state index < -0.39 is 12.6 Å². The summed E-state index contributed by atoms with van der Waals surface area (Å²) in [5.41, 5.74) is 5.55. The molecule has 0 atom stereocenters. The van der Waals surface area contributed by atoms with Crippen LogP contribution >= 0.6 is 0 Å². The van der Waals surface area contributed by atoms with Crippen LogP contribution in [0.25, 0.3) is 11.3 Å². The molecular weight excluding hydrogens is 396 g/mol. The molecule has 0 aliphatic rings. The first-order chi connectivity index (χ1) is 14.8. The van der Waals surface area contributed by atoms with Gasteiger partial charge in [-0.3, -0.25) is 0 Å². The van der Waals surface area contributed by atoms with Crippen molar-refractivity contribution in [3.8, 4) is 28.6 Å². The Hall–Kier alpha value is -3.61.